The molecule has 0 bridgehead atoms. The number of aromatic nitrogens is 3. The number of rotatable bonds is 10. The summed E-state index contributed by atoms with van der Waals surface area (Å²) in [5, 5.41) is 14.2. The number of carbonyl (C=O) groups is 2. The van der Waals surface area contributed by atoms with Gasteiger partial charge in [-0.1, -0.05) is 71.7 Å². The van der Waals surface area contributed by atoms with Crippen LogP contribution < -0.4 is 11.1 Å². The molecule has 0 aliphatic carbocycles. The van der Waals surface area contributed by atoms with Crippen molar-refractivity contribution in [3.63, 3.8) is 0 Å². The van der Waals surface area contributed by atoms with Gasteiger partial charge < -0.3 is 20.9 Å². The summed E-state index contributed by atoms with van der Waals surface area (Å²) in [6.07, 6.45) is 5.07. The molecule has 0 radical (unpaired) electrons. The maximum absolute atomic E-state index is 13.8. The van der Waals surface area contributed by atoms with Crippen molar-refractivity contribution >= 4 is 51.7 Å². The summed E-state index contributed by atoms with van der Waals surface area (Å²) in [6, 6.07) is 18.3. The summed E-state index contributed by atoms with van der Waals surface area (Å²) in [5.41, 5.74) is 8.20. The summed E-state index contributed by atoms with van der Waals surface area (Å²) >= 11 is 12.4. The SMILES string of the molecule is C[C@@H]1CN(C(=O)[C@H](N)Cc2ccc(Cl)cc2Cl)[C@@H](CCCNc2nccnn2)CN1C(=O)Cc1ccc2ccccc2c1. The fourth-order valence-electron chi connectivity index (χ4n) is 5.62. The molecule has 3 aromatic carbocycles. The number of amides is 2. The summed E-state index contributed by atoms with van der Waals surface area (Å²) in [4.78, 5) is 35.3. The van der Waals surface area contributed by atoms with Crippen molar-refractivity contribution in [2.24, 2.45) is 5.73 Å². The van der Waals surface area contributed by atoms with Crippen molar-refractivity contribution in [1.82, 2.24) is 25.0 Å². The summed E-state index contributed by atoms with van der Waals surface area (Å²) in [6.45, 7) is 3.40. The highest BCUT2D eigenvalue weighted by Gasteiger charge is 2.37. The van der Waals surface area contributed by atoms with Gasteiger partial charge in [0, 0.05) is 41.8 Å². The Labute approximate surface area is 261 Å². The van der Waals surface area contributed by atoms with Gasteiger partial charge in [-0.05, 0) is 60.2 Å². The van der Waals surface area contributed by atoms with E-state index in [-0.39, 0.29) is 30.3 Å². The minimum Gasteiger partial charge on any atom is -0.353 e. The molecule has 1 aliphatic heterocycles. The van der Waals surface area contributed by atoms with E-state index >= 15 is 0 Å². The standard InChI is InChI=1S/C32H35Cl2N7O2/c1-21-19-41(31(43)29(35)17-25-10-11-26(33)18-28(25)34)27(7-4-12-36-32-37-13-14-38-39-32)20-40(21)30(42)16-22-8-9-23-5-2-3-6-24(23)15-22/h2-3,5-6,8-11,13-15,18,21,27,29H,4,7,12,16-17,19-20,35H2,1H3,(H,36,37,39)/t21-,27+,29-/m1/s1. The Kier molecular flexibility index (Phi) is 10.1. The predicted molar refractivity (Wildman–Crippen MR) is 170 cm³/mol. The summed E-state index contributed by atoms with van der Waals surface area (Å²) in [7, 11) is 0. The second-order valence-electron chi connectivity index (χ2n) is 11.0. The molecule has 0 saturated carbocycles. The molecule has 4 aromatic rings. The van der Waals surface area contributed by atoms with E-state index in [9.17, 15) is 9.59 Å². The van der Waals surface area contributed by atoms with E-state index in [1.54, 1.807) is 24.4 Å². The molecule has 1 aromatic heterocycles. The Morgan fingerprint density at radius 2 is 1.84 bits per heavy atom. The number of hydrogen-bond acceptors (Lipinski definition) is 7. The van der Waals surface area contributed by atoms with E-state index in [1.165, 1.54) is 6.20 Å². The van der Waals surface area contributed by atoms with Crippen molar-refractivity contribution in [2.45, 2.75) is 50.7 Å². The lowest BCUT2D eigenvalue weighted by atomic mass is 9.98. The number of nitrogens with one attached hydrogen (secondary N) is 1. The average molecular weight is 621 g/mol. The molecule has 2 heterocycles. The van der Waals surface area contributed by atoms with Crippen LogP contribution in [0.4, 0.5) is 5.95 Å². The maximum atomic E-state index is 13.8. The van der Waals surface area contributed by atoms with Gasteiger partial charge in [0.15, 0.2) is 0 Å². The minimum absolute atomic E-state index is 0.0407. The first-order valence-corrected chi connectivity index (χ1v) is 15.2. The lowest BCUT2D eigenvalue weighted by molar-refractivity contribution is -0.147. The predicted octanol–water partition coefficient (Wildman–Crippen LogP) is 4.76. The molecular weight excluding hydrogens is 585 g/mol. The largest absolute Gasteiger partial charge is 0.353 e. The number of piperazine rings is 1. The first-order chi connectivity index (χ1) is 20.8. The number of halogens is 2. The zero-order valence-electron chi connectivity index (χ0n) is 24.0. The highest BCUT2D eigenvalue weighted by atomic mass is 35.5. The third-order valence-corrected chi connectivity index (χ3v) is 8.45. The normalized spacial score (nSPS) is 17.6. The molecule has 1 fully saturated rings. The van der Waals surface area contributed by atoms with E-state index < -0.39 is 6.04 Å². The maximum Gasteiger partial charge on any atom is 0.242 e. The lowest BCUT2D eigenvalue weighted by Gasteiger charge is -2.46. The van der Waals surface area contributed by atoms with E-state index in [0.717, 1.165) is 28.3 Å². The Hall–Kier alpha value is -3.79. The second kappa shape index (κ2) is 14.1. The second-order valence-corrected chi connectivity index (χ2v) is 11.8. The Morgan fingerprint density at radius 3 is 2.60 bits per heavy atom. The van der Waals surface area contributed by atoms with Gasteiger partial charge in [0.1, 0.15) is 0 Å². The van der Waals surface area contributed by atoms with Crippen LogP contribution in [0.15, 0.2) is 73.1 Å². The Balaban J connectivity index is 1.28. The summed E-state index contributed by atoms with van der Waals surface area (Å²) < 4.78 is 0. The molecule has 224 valence electrons. The first kappa shape index (κ1) is 30.7. The van der Waals surface area contributed by atoms with Gasteiger partial charge in [-0.15, -0.1) is 5.10 Å². The van der Waals surface area contributed by atoms with Crippen LogP contribution in [0, 0.1) is 0 Å². The van der Waals surface area contributed by atoms with E-state index in [1.807, 2.05) is 41.0 Å². The van der Waals surface area contributed by atoms with Gasteiger partial charge in [0.25, 0.3) is 0 Å². The van der Waals surface area contributed by atoms with Crippen LogP contribution in [0.1, 0.15) is 30.9 Å². The van der Waals surface area contributed by atoms with Gasteiger partial charge >= 0.3 is 0 Å². The van der Waals surface area contributed by atoms with Crippen molar-refractivity contribution in [1.29, 1.82) is 0 Å². The van der Waals surface area contributed by atoms with Gasteiger partial charge in [-0.2, -0.15) is 5.10 Å². The van der Waals surface area contributed by atoms with Crippen molar-refractivity contribution in [3.8, 4) is 0 Å². The van der Waals surface area contributed by atoms with E-state index in [2.05, 4.69) is 38.7 Å². The van der Waals surface area contributed by atoms with E-state index in [4.69, 9.17) is 28.9 Å². The quantitative estimate of drug-likeness (QED) is 0.246. The van der Waals surface area contributed by atoms with Crippen LogP contribution in [0.2, 0.25) is 10.0 Å². The molecule has 43 heavy (non-hydrogen) atoms. The topological polar surface area (TPSA) is 117 Å². The third-order valence-electron chi connectivity index (χ3n) is 7.87. The van der Waals surface area contributed by atoms with Crippen molar-refractivity contribution < 1.29 is 9.59 Å². The Morgan fingerprint density at radius 1 is 1.02 bits per heavy atom. The van der Waals surface area contributed by atoms with Crippen molar-refractivity contribution in [3.05, 3.63) is 94.2 Å². The molecular formula is C32H35Cl2N7O2. The van der Waals surface area contributed by atoms with Crippen LogP contribution in [0.3, 0.4) is 0 Å². The number of nitrogens with zero attached hydrogens (tertiary/aromatic N) is 5. The fraction of sp³-hybridized carbons (Fsp3) is 0.344. The van der Waals surface area contributed by atoms with Gasteiger partial charge in [0.05, 0.1) is 24.9 Å². The van der Waals surface area contributed by atoms with Crippen LogP contribution >= 0.6 is 23.2 Å². The smallest absolute Gasteiger partial charge is 0.242 e. The molecule has 9 nitrogen and oxygen atoms in total. The molecule has 0 unspecified atom stereocenters. The molecule has 1 saturated heterocycles. The zero-order valence-corrected chi connectivity index (χ0v) is 25.5. The van der Waals surface area contributed by atoms with Gasteiger partial charge in [0.2, 0.25) is 17.8 Å². The molecule has 3 N–H and O–H groups in total. The first-order valence-electron chi connectivity index (χ1n) is 14.4. The lowest BCUT2D eigenvalue weighted by Crippen LogP contribution is -2.63. The summed E-state index contributed by atoms with van der Waals surface area (Å²) in [5.74, 6) is 0.328. The van der Waals surface area contributed by atoms with Crippen LogP contribution in [0.25, 0.3) is 10.8 Å². The third kappa shape index (κ3) is 7.79. The van der Waals surface area contributed by atoms with Crippen LogP contribution in [-0.2, 0) is 22.4 Å². The number of benzene rings is 3. The molecule has 0 spiro atoms. The Bertz CT molecular complexity index is 1570. The number of carbonyl (C=O) groups excluding carboxylic acids is 2. The number of hydrogen-bond donors (Lipinski definition) is 2. The molecule has 5 rings (SSSR count). The number of nitrogens with two attached hydrogens (primary N) is 1. The minimum atomic E-state index is -0.782. The molecule has 1 aliphatic rings. The number of anilines is 1. The highest BCUT2D eigenvalue weighted by Crippen LogP contribution is 2.25. The molecule has 2 amide bonds. The molecule has 3 atom stereocenters. The van der Waals surface area contributed by atoms with E-state index in [0.29, 0.717) is 48.5 Å². The average Bonchev–Trinajstić information content (AvgIpc) is 3.01. The highest BCUT2D eigenvalue weighted by molar-refractivity contribution is 6.35. The van der Waals surface area contributed by atoms with Gasteiger partial charge in [-0.3, -0.25) is 9.59 Å². The van der Waals surface area contributed by atoms with Crippen LogP contribution in [0.5, 0.6) is 0 Å². The fourth-order valence-corrected chi connectivity index (χ4v) is 6.10. The molecule has 11 heteroatoms. The van der Waals surface area contributed by atoms with Gasteiger partial charge in [-0.25, -0.2) is 4.98 Å². The monoisotopic (exact) mass is 619 g/mol. The number of fused-ring (bicyclic) bond motifs is 1. The van der Waals surface area contributed by atoms with Crippen LogP contribution in [-0.4, -0.2) is 74.6 Å². The zero-order chi connectivity index (χ0) is 30.3. The van der Waals surface area contributed by atoms with Crippen molar-refractivity contribution in [2.75, 3.05) is 25.0 Å².